The molecule has 0 spiro atoms. The second kappa shape index (κ2) is 9.33. The van der Waals surface area contributed by atoms with E-state index >= 15 is 0 Å². The first-order valence-electron chi connectivity index (χ1n) is 10.3. The number of sulfonamides is 1. The first-order chi connectivity index (χ1) is 15.3. The van der Waals surface area contributed by atoms with E-state index in [0.29, 0.717) is 16.9 Å². The molecule has 0 amide bonds. The lowest BCUT2D eigenvalue weighted by Gasteiger charge is -2.26. The molecule has 170 valence electrons. The molecular formula is C21H27N7O3S. The SMILES string of the molecule is CN(C)S(=O)(=O)c1cc(-c2ccc3ncc(NCCN4CCOCC4)nc3c2)cnc1N. The van der Waals surface area contributed by atoms with Crippen LogP contribution in [0.15, 0.2) is 41.6 Å². The Labute approximate surface area is 187 Å². The molecule has 0 bridgehead atoms. The van der Waals surface area contributed by atoms with Gasteiger partial charge in [-0.05, 0) is 23.8 Å². The first-order valence-corrected chi connectivity index (χ1v) is 11.8. The summed E-state index contributed by atoms with van der Waals surface area (Å²) in [5.41, 5.74) is 8.70. The summed E-state index contributed by atoms with van der Waals surface area (Å²) in [6.45, 7) is 5.09. The van der Waals surface area contributed by atoms with E-state index in [-0.39, 0.29) is 10.7 Å². The molecule has 1 fully saturated rings. The summed E-state index contributed by atoms with van der Waals surface area (Å²) in [6.07, 6.45) is 3.27. The largest absolute Gasteiger partial charge is 0.383 e. The van der Waals surface area contributed by atoms with Crippen molar-refractivity contribution in [3.05, 3.63) is 36.7 Å². The zero-order valence-electron chi connectivity index (χ0n) is 18.2. The van der Waals surface area contributed by atoms with Crippen LogP contribution < -0.4 is 11.1 Å². The van der Waals surface area contributed by atoms with E-state index in [1.54, 1.807) is 12.4 Å². The van der Waals surface area contributed by atoms with Crippen LogP contribution in [0.5, 0.6) is 0 Å². The summed E-state index contributed by atoms with van der Waals surface area (Å²) in [5, 5.41) is 3.32. The molecule has 0 aliphatic carbocycles. The van der Waals surface area contributed by atoms with Crippen LogP contribution in [0.25, 0.3) is 22.2 Å². The van der Waals surface area contributed by atoms with Crippen molar-refractivity contribution in [2.75, 3.05) is 64.5 Å². The summed E-state index contributed by atoms with van der Waals surface area (Å²) in [7, 11) is -0.793. The van der Waals surface area contributed by atoms with Gasteiger partial charge in [-0.3, -0.25) is 9.88 Å². The third kappa shape index (κ3) is 4.80. The number of nitrogens with two attached hydrogens (primary N) is 1. The van der Waals surface area contributed by atoms with Gasteiger partial charge >= 0.3 is 0 Å². The third-order valence-electron chi connectivity index (χ3n) is 5.35. The number of benzene rings is 1. The molecule has 0 atom stereocenters. The zero-order valence-corrected chi connectivity index (χ0v) is 19.0. The van der Waals surface area contributed by atoms with E-state index in [0.717, 1.165) is 54.8 Å². The van der Waals surface area contributed by atoms with Crippen molar-refractivity contribution >= 4 is 32.7 Å². The molecule has 0 unspecified atom stereocenters. The van der Waals surface area contributed by atoms with Gasteiger partial charge in [0.05, 0.1) is 30.4 Å². The maximum atomic E-state index is 12.6. The Balaban J connectivity index is 1.56. The number of nitrogens with zero attached hydrogens (tertiary/aromatic N) is 5. The normalized spacial score (nSPS) is 15.3. The summed E-state index contributed by atoms with van der Waals surface area (Å²) in [4.78, 5) is 15.6. The van der Waals surface area contributed by atoms with Gasteiger partial charge in [-0.15, -0.1) is 0 Å². The maximum Gasteiger partial charge on any atom is 0.246 e. The molecule has 2 aromatic heterocycles. The highest BCUT2D eigenvalue weighted by Crippen LogP contribution is 2.28. The van der Waals surface area contributed by atoms with Crippen molar-refractivity contribution in [1.82, 2.24) is 24.2 Å². The average Bonchev–Trinajstić information content (AvgIpc) is 2.79. The Morgan fingerprint density at radius 3 is 2.62 bits per heavy atom. The second-order valence-electron chi connectivity index (χ2n) is 7.73. The number of rotatable bonds is 7. The molecule has 1 aliphatic heterocycles. The smallest absolute Gasteiger partial charge is 0.246 e. The van der Waals surface area contributed by atoms with E-state index in [1.165, 1.54) is 20.2 Å². The number of hydrogen-bond acceptors (Lipinski definition) is 9. The minimum absolute atomic E-state index is 0.0234. The average molecular weight is 458 g/mol. The van der Waals surface area contributed by atoms with Crippen molar-refractivity contribution in [2.24, 2.45) is 0 Å². The fourth-order valence-electron chi connectivity index (χ4n) is 3.46. The number of morpholine rings is 1. The molecule has 1 aliphatic rings. The molecule has 1 aromatic carbocycles. The zero-order chi connectivity index (χ0) is 22.7. The monoisotopic (exact) mass is 457 g/mol. The highest BCUT2D eigenvalue weighted by molar-refractivity contribution is 7.89. The minimum Gasteiger partial charge on any atom is -0.383 e. The van der Waals surface area contributed by atoms with Gasteiger partial charge < -0.3 is 15.8 Å². The fourth-order valence-corrected chi connectivity index (χ4v) is 4.45. The van der Waals surface area contributed by atoms with E-state index in [4.69, 9.17) is 10.5 Å². The topological polar surface area (TPSA) is 127 Å². The van der Waals surface area contributed by atoms with E-state index < -0.39 is 10.0 Å². The number of hydrogen-bond donors (Lipinski definition) is 2. The number of aromatic nitrogens is 3. The number of ether oxygens (including phenoxy) is 1. The summed E-state index contributed by atoms with van der Waals surface area (Å²) in [6, 6.07) is 7.12. The summed E-state index contributed by atoms with van der Waals surface area (Å²) < 4.78 is 31.6. The molecule has 4 rings (SSSR count). The van der Waals surface area contributed by atoms with Crippen LogP contribution in [-0.4, -0.2) is 86.1 Å². The van der Waals surface area contributed by atoms with Gasteiger partial charge in [0.25, 0.3) is 0 Å². The lowest BCUT2D eigenvalue weighted by Crippen LogP contribution is -2.39. The Hall–Kier alpha value is -2.86. The Morgan fingerprint density at radius 2 is 1.88 bits per heavy atom. The third-order valence-corrected chi connectivity index (χ3v) is 7.20. The Morgan fingerprint density at radius 1 is 1.09 bits per heavy atom. The molecule has 11 heteroatoms. The predicted octanol–water partition coefficient (Wildman–Crippen LogP) is 1.27. The first kappa shape index (κ1) is 22.3. The summed E-state index contributed by atoms with van der Waals surface area (Å²) >= 11 is 0. The van der Waals surface area contributed by atoms with Crippen molar-refractivity contribution in [1.29, 1.82) is 0 Å². The second-order valence-corrected chi connectivity index (χ2v) is 9.85. The Kier molecular flexibility index (Phi) is 6.51. The van der Waals surface area contributed by atoms with E-state index in [1.807, 2.05) is 18.2 Å². The highest BCUT2D eigenvalue weighted by Gasteiger charge is 2.22. The van der Waals surface area contributed by atoms with Gasteiger partial charge in [-0.2, -0.15) is 0 Å². The van der Waals surface area contributed by atoms with Crippen LogP contribution in [0.2, 0.25) is 0 Å². The van der Waals surface area contributed by atoms with Gasteiger partial charge in [-0.25, -0.2) is 22.7 Å². The highest BCUT2D eigenvalue weighted by atomic mass is 32.2. The lowest BCUT2D eigenvalue weighted by molar-refractivity contribution is 0.0398. The number of nitrogen functional groups attached to an aromatic ring is 1. The van der Waals surface area contributed by atoms with Crippen LogP contribution in [0.3, 0.4) is 0 Å². The molecule has 0 radical (unpaired) electrons. The quantitative estimate of drug-likeness (QED) is 0.539. The van der Waals surface area contributed by atoms with Gasteiger partial charge in [0.15, 0.2) is 0 Å². The van der Waals surface area contributed by atoms with Gasteiger partial charge in [0, 0.05) is 52.0 Å². The Bertz CT molecular complexity index is 1210. The molecule has 10 nitrogen and oxygen atoms in total. The summed E-state index contributed by atoms with van der Waals surface area (Å²) in [5.74, 6) is 0.656. The van der Waals surface area contributed by atoms with Crippen molar-refractivity contribution in [3.63, 3.8) is 0 Å². The molecular weight excluding hydrogens is 430 g/mol. The standard InChI is InChI=1S/C21H27N7O3S/c1-27(2)32(29,30)19-12-16(13-25-21(19)22)15-3-4-17-18(11-15)26-20(14-24-17)23-5-6-28-7-9-31-10-8-28/h3-4,11-14H,5-10H2,1-2H3,(H2,22,25)(H,23,26). The van der Waals surface area contributed by atoms with Crippen molar-refractivity contribution in [3.8, 4) is 11.1 Å². The fraction of sp³-hybridized carbons (Fsp3) is 0.381. The van der Waals surface area contributed by atoms with Crippen LogP contribution in [0, 0.1) is 0 Å². The predicted molar refractivity (Wildman–Crippen MR) is 124 cm³/mol. The molecule has 3 aromatic rings. The number of fused-ring (bicyclic) bond motifs is 1. The van der Waals surface area contributed by atoms with Gasteiger partial charge in [-0.1, -0.05) is 6.07 Å². The maximum absolute atomic E-state index is 12.6. The van der Waals surface area contributed by atoms with Crippen LogP contribution in [0.1, 0.15) is 0 Å². The lowest BCUT2D eigenvalue weighted by atomic mass is 10.1. The minimum atomic E-state index is -3.71. The van der Waals surface area contributed by atoms with Gasteiger partial charge in [0.2, 0.25) is 10.0 Å². The van der Waals surface area contributed by atoms with Crippen molar-refractivity contribution in [2.45, 2.75) is 4.90 Å². The van der Waals surface area contributed by atoms with E-state index in [9.17, 15) is 8.42 Å². The molecule has 3 heterocycles. The van der Waals surface area contributed by atoms with E-state index in [2.05, 4.69) is 25.2 Å². The van der Waals surface area contributed by atoms with Gasteiger partial charge in [0.1, 0.15) is 16.5 Å². The van der Waals surface area contributed by atoms with Crippen LogP contribution in [-0.2, 0) is 14.8 Å². The van der Waals surface area contributed by atoms with Crippen LogP contribution in [0.4, 0.5) is 11.6 Å². The number of nitrogens with one attached hydrogen (secondary N) is 1. The number of anilines is 2. The molecule has 0 saturated carbocycles. The molecule has 1 saturated heterocycles. The molecule has 3 N–H and O–H groups in total. The number of pyridine rings is 1. The van der Waals surface area contributed by atoms with Crippen LogP contribution >= 0.6 is 0 Å². The van der Waals surface area contributed by atoms with Crippen molar-refractivity contribution < 1.29 is 13.2 Å². The molecule has 32 heavy (non-hydrogen) atoms.